The van der Waals surface area contributed by atoms with E-state index in [2.05, 4.69) is 4.98 Å². The minimum absolute atomic E-state index is 0.193. The molecule has 1 heterocycles. The molecule has 0 radical (unpaired) electrons. The Balaban J connectivity index is 2.74. The molecule has 72 valence electrons. The number of hydrogen-bond donors (Lipinski definition) is 0. The molecule has 0 bridgehead atoms. The molecule has 1 aromatic heterocycles. The van der Waals surface area contributed by atoms with Crippen molar-refractivity contribution in [3.05, 3.63) is 17.7 Å². The van der Waals surface area contributed by atoms with Crippen LogP contribution in [0.1, 0.15) is 24.2 Å². The smallest absolute Gasteiger partial charge is 0.176 e. The van der Waals surface area contributed by atoms with Crippen molar-refractivity contribution < 1.29 is 0 Å². The second-order valence-electron chi connectivity index (χ2n) is 2.75. The Labute approximate surface area is 87.3 Å². The quantitative estimate of drug-likeness (QED) is 0.558. The van der Waals surface area contributed by atoms with E-state index in [9.17, 15) is 0 Å². The molecule has 0 spiro atoms. The lowest BCUT2D eigenvalue weighted by Gasteiger charge is -2.01. The van der Waals surface area contributed by atoms with Crippen LogP contribution < -0.4 is 0 Å². The minimum Gasteiger partial charge on any atom is -0.321 e. The van der Waals surface area contributed by atoms with Gasteiger partial charge in [0.1, 0.15) is 12.1 Å². The second kappa shape index (κ2) is 5.26. The van der Waals surface area contributed by atoms with Gasteiger partial charge in [-0.1, -0.05) is 0 Å². The average molecular weight is 209 g/mol. The fraction of sp³-hybridized carbons (Fsp3) is 0.444. The van der Waals surface area contributed by atoms with Gasteiger partial charge in [0.05, 0.1) is 6.33 Å². The van der Waals surface area contributed by atoms with E-state index in [0.29, 0.717) is 18.1 Å². The number of nitriles is 2. The van der Waals surface area contributed by atoms with Crippen molar-refractivity contribution in [1.29, 1.82) is 10.5 Å². The molecule has 1 rings (SSSR count). The number of unbranched alkanes of at least 4 members (excludes halogenated alkanes) is 1. The van der Waals surface area contributed by atoms with E-state index < -0.39 is 0 Å². The van der Waals surface area contributed by atoms with Gasteiger partial charge < -0.3 is 4.57 Å². The first-order valence-electron chi connectivity index (χ1n) is 4.24. The van der Waals surface area contributed by atoms with Gasteiger partial charge in [-0.25, -0.2) is 4.98 Å². The molecule has 4 nitrogen and oxygen atoms in total. The molecule has 1 aromatic rings. The van der Waals surface area contributed by atoms with E-state index in [-0.39, 0.29) is 5.69 Å². The molecule has 0 unspecified atom stereocenters. The lowest BCUT2D eigenvalue weighted by Crippen LogP contribution is -2.00. The Morgan fingerprint density at radius 2 is 2.14 bits per heavy atom. The summed E-state index contributed by atoms with van der Waals surface area (Å²) in [4.78, 5) is 3.83. The molecule has 0 aliphatic carbocycles. The first-order chi connectivity index (χ1) is 6.83. The summed E-state index contributed by atoms with van der Waals surface area (Å²) in [6, 6.07) is 3.84. The van der Waals surface area contributed by atoms with Gasteiger partial charge in [-0.15, -0.1) is 11.6 Å². The summed E-state index contributed by atoms with van der Waals surface area (Å²) in [5, 5.41) is 17.4. The number of rotatable bonds is 4. The number of imidazole rings is 1. The van der Waals surface area contributed by atoms with Crippen molar-refractivity contribution in [2.24, 2.45) is 0 Å². The van der Waals surface area contributed by atoms with Crippen LogP contribution in [-0.4, -0.2) is 15.4 Å². The van der Waals surface area contributed by atoms with Gasteiger partial charge in [0.25, 0.3) is 0 Å². The molecule has 0 aliphatic rings. The van der Waals surface area contributed by atoms with Crippen LogP contribution in [0.5, 0.6) is 0 Å². The summed E-state index contributed by atoms with van der Waals surface area (Å²) in [7, 11) is 0. The van der Waals surface area contributed by atoms with Gasteiger partial charge in [0.2, 0.25) is 0 Å². The predicted molar refractivity (Wildman–Crippen MR) is 51.6 cm³/mol. The molecule has 0 aliphatic heterocycles. The molecule has 14 heavy (non-hydrogen) atoms. The maximum absolute atomic E-state index is 8.79. The molecule has 0 saturated heterocycles. The van der Waals surface area contributed by atoms with Crippen LogP contribution in [-0.2, 0) is 6.54 Å². The van der Waals surface area contributed by atoms with Gasteiger partial charge in [-0.2, -0.15) is 10.5 Å². The van der Waals surface area contributed by atoms with Crippen molar-refractivity contribution in [3.63, 3.8) is 0 Å². The molecule has 0 saturated carbocycles. The van der Waals surface area contributed by atoms with Crippen LogP contribution in [0.15, 0.2) is 6.33 Å². The molecular weight excluding hydrogens is 200 g/mol. The summed E-state index contributed by atoms with van der Waals surface area (Å²) in [5.41, 5.74) is 0.528. The van der Waals surface area contributed by atoms with Gasteiger partial charge >= 0.3 is 0 Å². The third-order valence-electron chi connectivity index (χ3n) is 1.83. The van der Waals surface area contributed by atoms with Crippen LogP contribution >= 0.6 is 11.6 Å². The third-order valence-corrected chi connectivity index (χ3v) is 2.10. The lowest BCUT2D eigenvalue weighted by molar-refractivity contribution is 0.628. The maximum atomic E-state index is 8.79. The van der Waals surface area contributed by atoms with E-state index >= 15 is 0 Å². The number of aryl methyl sites for hydroxylation is 1. The zero-order valence-electron chi connectivity index (χ0n) is 7.57. The van der Waals surface area contributed by atoms with Crippen LogP contribution in [0.3, 0.4) is 0 Å². The highest BCUT2D eigenvalue weighted by Gasteiger charge is 2.08. The van der Waals surface area contributed by atoms with E-state index in [1.807, 2.05) is 12.1 Å². The molecule has 0 atom stereocenters. The molecule has 5 heteroatoms. The molecule has 0 N–H and O–H groups in total. The topological polar surface area (TPSA) is 65.4 Å². The van der Waals surface area contributed by atoms with Crippen molar-refractivity contribution in [2.75, 3.05) is 5.88 Å². The largest absolute Gasteiger partial charge is 0.321 e. The van der Waals surface area contributed by atoms with Gasteiger partial charge in [-0.3, -0.25) is 0 Å². The average Bonchev–Trinajstić information content (AvgIpc) is 2.60. The molecule has 0 fully saturated rings. The van der Waals surface area contributed by atoms with E-state index in [0.717, 1.165) is 12.8 Å². The SMILES string of the molecule is N#Cc1ncn(CCCCCl)c1C#N. The highest BCUT2D eigenvalue weighted by Crippen LogP contribution is 2.06. The van der Waals surface area contributed by atoms with Gasteiger partial charge in [0, 0.05) is 12.4 Å². The molecule has 0 amide bonds. The molecule has 0 aromatic carbocycles. The number of nitrogens with zero attached hydrogens (tertiary/aromatic N) is 4. The van der Waals surface area contributed by atoms with E-state index in [1.54, 1.807) is 4.57 Å². The fourth-order valence-electron chi connectivity index (χ4n) is 1.13. The van der Waals surface area contributed by atoms with Crippen molar-refractivity contribution in [2.45, 2.75) is 19.4 Å². The number of hydrogen-bond acceptors (Lipinski definition) is 3. The number of aromatic nitrogens is 2. The Hall–Kier alpha value is -1.52. The van der Waals surface area contributed by atoms with Crippen LogP contribution in [0.2, 0.25) is 0 Å². The monoisotopic (exact) mass is 208 g/mol. The lowest BCUT2D eigenvalue weighted by atomic mass is 10.3. The Morgan fingerprint density at radius 1 is 1.36 bits per heavy atom. The summed E-state index contributed by atoms with van der Waals surface area (Å²) >= 11 is 5.53. The third kappa shape index (κ3) is 2.25. The van der Waals surface area contributed by atoms with Gasteiger partial charge in [-0.05, 0) is 12.8 Å². The fourth-order valence-corrected chi connectivity index (χ4v) is 1.32. The maximum Gasteiger partial charge on any atom is 0.176 e. The summed E-state index contributed by atoms with van der Waals surface area (Å²) < 4.78 is 1.69. The van der Waals surface area contributed by atoms with E-state index in [1.165, 1.54) is 6.33 Å². The van der Waals surface area contributed by atoms with Gasteiger partial charge in [0.15, 0.2) is 11.4 Å². The standard InChI is InChI=1S/C9H9ClN4/c10-3-1-2-4-14-7-13-8(5-11)9(14)6-12/h7H,1-4H2. The Kier molecular flexibility index (Phi) is 3.97. The van der Waals surface area contributed by atoms with Crippen LogP contribution in [0, 0.1) is 22.7 Å². The molecular formula is C9H9ClN4. The zero-order chi connectivity index (χ0) is 10.4. The zero-order valence-corrected chi connectivity index (χ0v) is 8.33. The van der Waals surface area contributed by atoms with Crippen molar-refractivity contribution >= 4 is 11.6 Å². The summed E-state index contributed by atoms with van der Waals surface area (Å²) in [6.07, 6.45) is 3.30. The summed E-state index contributed by atoms with van der Waals surface area (Å²) in [6.45, 7) is 0.685. The van der Waals surface area contributed by atoms with Crippen LogP contribution in [0.4, 0.5) is 0 Å². The Morgan fingerprint density at radius 3 is 2.71 bits per heavy atom. The van der Waals surface area contributed by atoms with Crippen LogP contribution in [0.25, 0.3) is 0 Å². The Bertz CT molecular complexity index is 382. The first-order valence-corrected chi connectivity index (χ1v) is 4.78. The number of alkyl halides is 1. The minimum atomic E-state index is 0.193. The number of halogens is 1. The highest BCUT2D eigenvalue weighted by atomic mass is 35.5. The van der Waals surface area contributed by atoms with E-state index in [4.69, 9.17) is 22.1 Å². The second-order valence-corrected chi connectivity index (χ2v) is 3.13. The van der Waals surface area contributed by atoms with Crippen molar-refractivity contribution in [1.82, 2.24) is 9.55 Å². The summed E-state index contributed by atoms with van der Waals surface area (Å²) in [5.74, 6) is 0.613. The highest BCUT2D eigenvalue weighted by molar-refractivity contribution is 6.17. The normalized spacial score (nSPS) is 9.36. The first kappa shape index (κ1) is 10.6. The predicted octanol–water partition coefficient (Wildman–Crippen LogP) is 1.65. The van der Waals surface area contributed by atoms with Crippen molar-refractivity contribution in [3.8, 4) is 12.1 Å².